The molecule has 1 N–H and O–H groups in total. The van der Waals surface area contributed by atoms with Crippen molar-refractivity contribution in [2.24, 2.45) is 0 Å². The third kappa shape index (κ3) is 2.37. The highest BCUT2D eigenvalue weighted by atomic mass is 16.2. The molecule has 2 aromatic rings. The van der Waals surface area contributed by atoms with Crippen LogP contribution in [0.25, 0.3) is 5.65 Å². The molecule has 0 fully saturated rings. The summed E-state index contributed by atoms with van der Waals surface area (Å²) in [5, 5.41) is 2.94. The molecular weight excluding hydrogens is 226 g/mol. The van der Waals surface area contributed by atoms with Crippen LogP contribution in [0.5, 0.6) is 0 Å². The van der Waals surface area contributed by atoms with E-state index in [-0.39, 0.29) is 11.9 Å². The van der Waals surface area contributed by atoms with Crippen molar-refractivity contribution in [3.05, 3.63) is 35.8 Å². The fraction of sp³-hybridized carbons (Fsp3) is 0.429. The molecule has 96 valence electrons. The van der Waals surface area contributed by atoms with Gasteiger partial charge in [-0.3, -0.25) is 9.20 Å². The largest absolute Gasteiger partial charge is 0.349 e. The number of nitrogens with one attached hydrogen (secondary N) is 1. The number of aryl methyl sites for hydroxylation is 1. The van der Waals surface area contributed by atoms with Gasteiger partial charge in [0.25, 0.3) is 5.91 Å². The Labute approximate surface area is 107 Å². The molecule has 2 aromatic heterocycles. The first-order valence-electron chi connectivity index (χ1n) is 6.40. The number of pyridine rings is 1. The molecule has 0 aliphatic rings. The molecule has 18 heavy (non-hydrogen) atoms. The number of rotatable bonds is 4. The number of hydrogen-bond donors (Lipinski definition) is 1. The van der Waals surface area contributed by atoms with Gasteiger partial charge in [0.2, 0.25) is 0 Å². The lowest BCUT2D eigenvalue weighted by Gasteiger charge is -2.09. The van der Waals surface area contributed by atoms with Crippen molar-refractivity contribution in [3.8, 4) is 0 Å². The molecule has 0 spiro atoms. The van der Waals surface area contributed by atoms with Crippen LogP contribution in [0.4, 0.5) is 0 Å². The zero-order chi connectivity index (χ0) is 13.1. The second-order valence-electron chi connectivity index (χ2n) is 4.71. The summed E-state index contributed by atoms with van der Waals surface area (Å²) in [6.07, 6.45) is 3.69. The van der Waals surface area contributed by atoms with Gasteiger partial charge in [-0.1, -0.05) is 19.4 Å². The number of carbonyl (C=O) groups excluding carboxylic acids is 1. The van der Waals surface area contributed by atoms with Gasteiger partial charge in [0.1, 0.15) is 11.3 Å². The van der Waals surface area contributed by atoms with Crippen LogP contribution in [0.1, 0.15) is 43.4 Å². The molecule has 1 amide bonds. The number of hydrogen-bond acceptors (Lipinski definition) is 2. The second-order valence-corrected chi connectivity index (χ2v) is 4.71. The predicted octanol–water partition coefficient (Wildman–Crippen LogP) is 2.43. The molecule has 0 unspecified atom stereocenters. The molecule has 0 aliphatic heterocycles. The minimum absolute atomic E-state index is 0.0489. The van der Waals surface area contributed by atoms with Gasteiger partial charge in [0.05, 0.1) is 5.69 Å². The number of fused-ring (bicyclic) bond motifs is 1. The van der Waals surface area contributed by atoms with Gasteiger partial charge in [0, 0.05) is 12.2 Å². The van der Waals surface area contributed by atoms with Gasteiger partial charge in [-0.25, -0.2) is 4.98 Å². The molecule has 4 nitrogen and oxygen atoms in total. The summed E-state index contributed by atoms with van der Waals surface area (Å²) >= 11 is 0. The van der Waals surface area contributed by atoms with Crippen molar-refractivity contribution < 1.29 is 4.79 Å². The van der Waals surface area contributed by atoms with Gasteiger partial charge >= 0.3 is 0 Å². The lowest BCUT2D eigenvalue weighted by molar-refractivity contribution is 0.0936. The number of carbonyl (C=O) groups is 1. The summed E-state index contributed by atoms with van der Waals surface area (Å²) in [6.45, 7) is 6.01. The van der Waals surface area contributed by atoms with E-state index in [1.807, 2.05) is 42.6 Å². The Morgan fingerprint density at radius 2 is 2.22 bits per heavy atom. The smallest absolute Gasteiger partial charge is 0.270 e. The lowest BCUT2D eigenvalue weighted by Crippen LogP contribution is -2.31. The van der Waals surface area contributed by atoms with Gasteiger partial charge in [-0.2, -0.15) is 0 Å². The van der Waals surface area contributed by atoms with E-state index in [0.29, 0.717) is 5.69 Å². The topological polar surface area (TPSA) is 46.4 Å². The van der Waals surface area contributed by atoms with E-state index < -0.39 is 0 Å². The Hall–Kier alpha value is -1.84. The Balaban J connectivity index is 2.50. The number of amides is 1. The lowest BCUT2D eigenvalue weighted by atomic mass is 10.2. The summed E-state index contributed by atoms with van der Waals surface area (Å²) in [5.41, 5.74) is 2.37. The molecule has 0 aromatic carbocycles. The van der Waals surface area contributed by atoms with Crippen LogP contribution >= 0.6 is 0 Å². The van der Waals surface area contributed by atoms with E-state index in [2.05, 4.69) is 17.2 Å². The Bertz CT molecular complexity index is 557. The fourth-order valence-electron chi connectivity index (χ4n) is 2.03. The summed E-state index contributed by atoms with van der Waals surface area (Å²) in [4.78, 5) is 16.8. The quantitative estimate of drug-likeness (QED) is 0.899. The maximum absolute atomic E-state index is 12.3. The minimum Gasteiger partial charge on any atom is -0.349 e. The summed E-state index contributed by atoms with van der Waals surface area (Å²) in [5.74, 6) is -0.0489. The van der Waals surface area contributed by atoms with Crippen LogP contribution in [-0.2, 0) is 6.42 Å². The van der Waals surface area contributed by atoms with Crippen molar-refractivity contribution in [2.75, 3.05) is 0 Å². The van der Waals surface area contributed by atoms with Gasteiger partial charge in [-0.15, -0.1) is 0 Å². The zero-order valence-electron chi connectivity index (χ0n) is 11.1. The highest BCUT2D eigenvalue weighted by Gasteiger charge is 2.18. The SMILES string of the molecule is CCCc1nc2ccccn2c1C(=O)NC(C)C. The van der Waals surface area contributed by atoms with Crippen LogP contribution in [0.3, 0.4) is 0 Å². The van der Waals surface area contributed by atoms with Crippen LogP contribution < -0.4 is 5.32 Å². The van der Waals surface area contributed by atoms with Gasteiger partial charge in [0.15, 0.2) is 0 Å². The molecule has 4 heteroatoms. The van der Waals surface area contributed by atoms with E-state index in [1.165, 1.54) is 0 Å². The third-order valence-electron chi connectivity index (χ3n) is 2.72. The number of aromatic nitrogens is 2. The molecule has 2 heterocycles. The highest BCUT2D eigenvalue weighted by molar-refractivity contribution is 5.94. The molecular formula is C14H19N3O. The first kappa shape index (κ1) is 12.6. The standard InChI is InChI=1S/C14H19N3O/c1-4-7-11-13(14(18)15-10(2)3)17-9-6-5-8-12(17)16-11/h5-6,8-10H,4,7H2,1-3H3,(H,15,18). The monoisotopic (exact) mass is 245 g/mol. The molecule has 0 saturated heterocycles. The number of imidazole rings is 1. The fourth-order valence-corrected chi connectivity index (χ4v) is 2.03. The van der Waals surface area contributed by atoms with E-state index in [1.54, 1.807) is 0 Å². The molecule has 0 atom stereocenters. The average Bonchev–Trinajstić information content (AvgIpc) is 2.66. The average molecular weight is 245 g/mol. The maximum atomic E-state index is 12.3. The van der Waals surface area contributed by atoms with Crippen LogP contribution in [0.2, 0.25) is 0 Å². The van der Waals surface area contributed by atoms with Crippen molar-refractivity contribution in [3.63, 3.8) is 0 Å². The Morgan fingerprint density at radius 1 is 1.44 bits per heavy atom. The molecule has 0 aliphatic carbocycles. The predicted molar refractivity (Wildman–Crippen MR) is 71.8 cm³/mol. The van der Waals surface area contributed by atoms with Gasteiger partial charge in [-0.05, 0) is 32.4 Å². The maximum Gasteiger partial charge on any atom is 0.270 e. The van der Waals surface area contributed by atoms with E-state index in [0.717, 1.165) is 24.2 Å². The molecule has 0 bridgehead atoms. The van der Waals surface area contributed by atoms with Gasteiger partial charge < -0.3 is 5.32 Å². The van der Waals surface area contributed by atoms with Crippen molar-refractivity contribution >= 4 is 11.6 Å². The molecule has 0 radical (unpaired) electrons. The normalized spacial score (nSPS) is 11.1. The van der Waals surface area contributed by atoms with Crippen molar-refractivity contribution in [2.45, 2.75) is 39.7 Å². The highest BCUT2D eigenvalue weighted by Crippen LogP contribution is 2.14. The first-order valence-corrected chi connectivity index (χ1v) is 6.40. The number of nitrogens with zero attached hydrogens (tertiary/aromatic N) is 2. The third-order valence-corrected chi connectivity index (χ3v) is 2.72. The summed E-state index contributed by atoms with van der Waals surface area (Å²) in [7, 11) is 0. The summed E-state index contributed by atoms with van der Waals surface area (Å²) in [6, 6.07) is 5.89. The Morgan fingerprint density at radius 3 is 2.89 bits per heavy atom. The summed E-state index contributed by atoms with van der Waals surface area (Å²) < 4.78 is 1.86. The van der Waals surface area contributed by atoms with E-state index >= 15 is 0 Å². The van der Waals surface area contributed by atoms with Crippen LogP contribution in [0.15, 0.2) is 24.4 Å². The van der Waals surface area contributed by atoms with Crippen molar-refractivity contribution in [1.29, 1.82) is 0 Å². The Kier molecular flexibility index (Phi) is 3.65. The van der Waals surface area contributed by atoms with Crippen LogP contribution in [0, 0.1) is 0 Å². The zero-order valence-corrected chi connectivity index (χ0v) is 11.1. The van der Waals surface area contributed by atoms with E-state index in [9.17, 15) is 4.79 Å². The minimum atomic E-state index is -0.0489. The molecule has 0 saturated carbocycles. The van der Waals surface area contributed by atoms with E-state index in [4.69, 9.17) is 0 Å². The first-order chi connectivity index (χ1) is 8.63. The van der Waals surface area contributed by atoms with Crippen LogP contribution in [-0.4, -0.2) is 21.3 Å². The molecule has 2 rings (SSSR count). The second kappa shape index (κ2) is 5.21. The van der Waals surface area contributed by atoms with Crippen molar-refractivity contribution in [1.82, 2.24) is 14.7 Å².